The molecule has 1 saturated heterocycles. The minimum atomic E-state index is -0.508. The summed E-state index contributed by atoms with van der Waals surface area (Å²) in [6.07, 6.45) is 4.22. The first-order valence-electron chi connectivity index (χ1n) is 13.6. The molecule has 0 bridgehead atoms. The van der Waals surface area contributed by atoms with Crippen LogP contribution in [0.15, 0.2) is 94.2 Å². The van der Waals surface area contributed by atoms with Gasteiger partial charge in [-0.25, -0.2) is 0 Å². The van der Waals surface area contributed by atoms with Crippen molar-refractivity contribution in [3.8, 4) is 0 Å². The van der Waals surface area contributed by atoms with Crippen molar-refractivity contribution in [2.24, 2.45) is 4.99 Å². The quantitative estimate of drug-likeness (QED) is 0.281. The van der Waals surface area contributed by atoms with Crippen LogP contribution in [0.25, 0.3) is 0 Å². The van der Waals surface area contributed by atoms with Gasteiger partial charge in [0.15, 0.2) is 0 Å². The van der Waals surface area contributed by atoms with Gasteiger partial charge in [-0.1, -0.05) is 73.6 Å². The molecule has 0 aromatic heterocycles. The van der Waals surface area contributed by atoms with Crippen LogP contribution in [0, 0.1) is 0 Å². The van der Waals surface area contributed by atoms with Crippen molar-refractivity contribution in [2.75, 3.05) is 11.9 Å². The van der Waals surface area contributed by atoms with Crippen molar-refractivity contribution in [1.29, 1.82) is 0 Å². The van der Waals surface area contributed by atoms with E-state index in [1.807, 2.05) is 75.4 Å². The highest BCUT2D eigenvalue weighted by Crippen LogP contribution is 2.39. The zero-order chi connectivity index (χ0) is 28.9. The van der Waals surface area contributed by atoms with Gasteiger partial charge < -0.3 is 16.0 Å². The Morgan fingerprint density at radius 1 is 1.10 bits per heavy atom. The summed E-state index contributed by atoms with van der Waals surface area (Å²) in [4.78, 5) is 32.2. The largest absolute Gasteiger partial charge is 0.354 e. The van der Waals surface area contributed by atoms with Crippen LogP contribution in [-0.2, 0) is 11.3 Å². The Morgan fingerprint density at radius 3 is 2.58 bits per heavy atom. The summed E-state index contributed by atoms with van der Waals surface area (Å²) in [5.41, 5.74) is 3.35. The Hall–Kier alpha value is -3.55. The fraction of sp³-hybridized carbons (Fsp3) is 0.281. The molecule has 0 spiro atoms. The van der Waals surface area contributed by atoms with Crippen LogP contribution >= 0.6 is 23.4 Å². The van der Waals surface area contributed by atoms with Gasteiger partial charge in [0.25, 0.3) is 5.91 Å². The van der Waals surface area contributed by atoms with Gasteiger partial charge in [0.2, 0.25) is 5.91 Å². The molecule has 2 aliphatic heterocycles. The SMILES string of the molecule is C=CC.CC.O=C(NC1CCCCNC1=O)c1ccc2c(c1)NC(=NCc1ccc(Cl)cc1)c1ccccc1S2. The summed E-state index contributed by atoms with van der Waals surface area (Å²) in [6, 6.07) is 20.8. The predicted octanol–water partition coefficient (Wildman–Crippen LogP) is 7.48. The second-order valence-electron chi connectivity index (χ2n) is 8.95. The minimum absolute atomic E-state index is 0.119. The number of fused-ring (bicyclic) bond motifs is 2. The normalized spacial score (nSPS) is 16.6. The number of halogens is 1. The molecule has 40 heavy (non-hydrogen) atoms. The molecule has 3 aromatic carbocycles. The molecule has 2 amide bonds. The summed E-state index contributed by atoms with van der Waals surface area (Å²) < 4.78 is 0. The van der Waals surface area contributed by atoms with Gasteiger partial charge in [-0.3, -0.25) is 14.6 Å². The molecule has 1 unspecified atom stereocenters. The first-order valence-corrected chi connectivity index (χ1v) is 14.8. The number of anilines is 1. The minimum Gasteiger partial charge on any atom is -0.354 e. The number of benzene rings is 3. The third-order valence-electron chi connectivity index (χ3n) is 6.03. The van der Waals surface area contributed by atoms with Crippen molar-refractivity contribution in [1.82, 2.24) is 10.6 Å². The maximum absolute atomic E-state index is 13.0. The van der Waals surface area contributed by atoms with Crippen LogP contribution in [0.4, 0.5) is 5.69 Å². The van der Waals surface area contributed by atoms with Crippen LogP contribution < -0.4 is 16.0 Å². The molecule has 0 aliphatic carbocycles. The van der Waals surface area contributed by atoms with Gasteiger partial charge in [-0.15, -0.1) is 6.58 Å². The maximum Gasteiger partial charge on any atom is 0.252 e. The van der Waals surface area contributed by atoms with Gasteiger partial charge in [0.1, 0.15) is 11.9 Å². The number of hydrogen-bond acceptors (Lipinski definition) is 4. The average molecular weight is 577 g/mol. The molecule has 3 aromatic rings. The number of nitrogens with one attached hydrogen (secondary N) is 3. The van der Waals surface area contributed by atoms with Crippen LogP contribution in [0.1, 0.15) is 61.5 Å². The van der Waals surface area contributed by atoms with Gasteiger partial charge in [-0.2, -0.15) is 0 Å². The van der Waals surface area contributed by atoms with Crippen LogP contribution in [0.3, 0.4) is 0 Å². The molecule has 8 heteroatoms. The fourth-order valence-electron chi connectivity index (χ4n) is 4.13. The highest BCUT2D eigenvalue weighted by Gasteiger charge is 2.24. The van der Waals surface area contributed by atoms with Crippen LogP contribution in [0.2, 0.25) is 5.02 Å². The number of amidine groups is 1. The molecule has 0 saturated carbocycles. The standard InChI is InChI=1S/C27H25ClN4O2S.C3H6.C2H6/c28-19-11-8-17(9-12-19)16-30-25-20-5-1-2-7-23(20)35-24-13-10-18(15-22(24)31-25)26(33)32-21-6-3-4-14-29-27(21)34;1-3-2;1-2/h1-2,5,7-13,15,21H,3-4,6,14,16H2,(H,29,34)(H,30,31)(H,32,33);3H,1H2,2H3;1-2H3. The number of amides is 2. The summed E-state index contributed by atoms with van der Waals surface area (Å²) in [5.74, 6) is 0.358. The topological polar surface area (TPSA) is 82.6 Å². The van der Waals surface area contributed by atoms with Crippen LogP contribution in [0.5, 0.6) is 0 Å². The molecule has 210 valence electrons. The number of rotatable bonds is 4. The Balaban J connectivity index is 0.000000827. The van der Waals surface area contributed by atoms with E-state index < -0.39 is 6.04 Å². The molecular formula is C32H37ClN4O2S. The predicted molar refractivity (Wildman–Crippen MR) is 168 cm³/mol. The number of nitrogens with zero attached hydrogens (tertiary/aromatic N) is 1. The molecule has 1 atom stereocenters. The van der Waals surface area contributed by atoms with E-state index in [9.17, 15) is 9.59 Å². The van der Waals surface area contributed by atoms with Gasteiger partial charge >= 0.3 is 0 Å². The Labute approximate surface area is 246 Å². The number of allylic oxidation sites excluding steroid dienone is 1. The number of aliphatic imine (C=N–C) groups is 1. The van der Waals surface area contributed by atoms with E-state index in [2.05, 4.69) is 28.6 Å². The number of carbonyl (C=O) groups excluding carboxylic acids is 2. The smallest absolute Gasteiger partial charge is 0.252 e. The lowest BCUT2D eigenvalue weighted by Gasteiger charge is -2.16. The van der Waals surface area contributed by atoms with Crippen molar-refractivity contribution < 1.29 is 9.59 Å². The van der Waals surface area contributed by atoms with Crippen molar-refractivity contribution in [3.05, 3.63) is 101 Å². The highest BCUT2D eigenvalue weighted by molar-refractivity contribution is 7.99. The molecule has 1 fully saturated rings. The highest BCUT2D eigenvalue weighted by atomic mass is 35.5. The lowest BCUT2D eigenvalue weighted by atomic mass is 10.1. The summed E-state index contributed by atoms with van der Waals surface area (Å²) in [6.45, 7) is 10.4. The Bertz CT molecular complexity index is 1340. The molecule has 0 radical (unpaired) electrons. The van der Waals surface area contributed by atoms with Crippen LogP contribution in [-0.4, -0.2) is 30.2 Å². The lowest BCUT2D eigenvalue weighted by molar-refractivity contribution is -0.122. The zero-order valence-corrected chi connectivity index (χ0v) is 24.9. The molecule has 3 N–H and O–H groups in total. The van der Waals surface area contributed by atoms with E-state index in [0.717, 1.165) is 45.3 Å². The van der Waals surface area contributed by atoms with E-state index in [1.165, 1.54) is 0 Å². The van der Waals surface area contributed by atoms with Gasteiger partial charge in [0.05, 0.1) is 12.2 Å². The van der Waals surface area contributed by atoms with Crippen molar-refractivity contribution >= 4 is 46.7 Å². The second-order valence-corrected chi connectivity index (χ2v) is 10.5. The maximum atomic E-state index is 13.0. The molecule has 6 nitrogen and oxygen atoms in total. The molecule has 2 heterocycles. The molecular weight excluding hydrogens is 540 g/mol. The van der Waals surface area contributed by atoms with Crippen molar-refractivity contribution in [2.45, 2.75) is 62.4 Å². The van der Waals surface area contributed by atoms with E-state index in [-0.39, 0.29) is 11.8 Å². The summed E-state index contributed by atoms with van der Waals surface area (Å²) in [7, 11) is 0. The first-order chi connectivity index (χ1) is 19.5. The number of hydrogen-bond donors (Lipinski definition) is 3. The van der Waals surface area contributed by atoms with E-state index in [1.54, 1.807) is 23.9 Å². The monoisotopic (exact) mass is 576 g/mol. The van der Waals surface area contributed by atoms with E-state index >= 15 is 0 Å². The lowest BCUT2D eigenvalue weighted by Crippen LogP contribution is -2.45. The molecule has 2 aliphatic rings. The van der Waals surface area contributed by atoms with E-state index in [4.69, 9.17) is 16.6 Å². The third-order valence-corrected chi connectivity index (χ3v) is 7.43. The zero-order valence-electron chi connectivity index (χ0n) is 23.3. The van der Waals surface area contributed by atoms with Gasteiger partial charge in [-0.05, 0) is 68.1 Å². The Morgan fingerprint density at radius 2 is 1.82 bits per heavy atom. The van der Waals surface area contributed by atoms with Crippen molar-refractivity contribution in [3.63, 3.8) is 0 Å². The average Bonchev–Trinajstić information content (AvgIpc) is 3.27. The van der Waals surface area contributed by atoms with E-state index in [0.29, 0.717) is 30.1 Å². The molecule has 5 rings (SSSR count). The number of carbonyl (C=O) groups is 2. The summed E-state index contributed by atoms with van der Waals surface area (Å²) >= 11 is 7.65. The summed E-state index contributed by atoms with van der Waals surface area (Å²) in [5, 5.41) is 9.91. The Kier molecular flexibility index (Phi) is 12.3. The van der Waals surface area contributed by atoms with Gasteiger partial charge in [0, 0.05) is 32.5 Å². The second kappa shape index (κ2) is 15.9. The first kappa shape index (κ1) is 31.0. The fourth-order valence-corrected chi connectivity index (χ4v) is 5.27. The third kappa shape index (κ3) is 8.47.